The number of carboxylic acid groups (broad SMARTS) is 1. The van der Waals surface area contributed by atoms with Gasteiger partial charge < -0.3 is 5.11 Å². The lowest BCUT2D eigenvalue weighted by molar-refractivity contribution is 0.0689. The van der Waals surface area contributed by atoms with E-state index in [2.05, 4.69) is 10.3 Å². The van der Waals surface area contributed by atoms with E-state index in [4.69, 9.17) is 5.11 Å². The number of aromatic carboxylic acids is 1. The van der Waals surface area contributed by atoms with Gasteiger partial charge in [0.1, 0.15) is 0 Å². The van der Waals surface area contributed by atoms with Crippen molar-refractivity contribution in [2.75, 3.05) is 0 Å². The number of aromatic nitrogens is 3. The number of carbonyl (C=O) groups is 1. The van der Waals surface area contributed by atoms with Gasteiger partial charge in [-0.3, -0.25) is 0 Å². The summed E-state index contributed by atoms with van der Waals surface area (Å²) in [5, 5.41) is 16.7. The highest BCUT2D eigenvalue weighted by Gasteiger charge is 2.23. The Morgan fingerprint density at radius 1 is 1.56 bits per heavy atom. The van der Waals surface area contributed by atoms with Gasteiger partial charge in [0.2, 0.25) is 0 Å². The highest BCUT2D eigenvalue weighted by atomic mass is 16.4. The summed E-state index contributed by atoms with van der Waals surface area (Å²) in [5.41, 5.74) is 0.906. The second-order valence-electron chi connectivity index (χ2n) is 4.42. The second-order valence-corrected chi connectivity index (χ2v) is 4.42. The largest absolute Gasteiger partial charge is 0.476 e. The molecule has 5 nitrogen and oxygen atoms in total. The average Bonchev–Trinajstić information content (AvgIpc) is 2.56. The molecule has 1 saturated carbocycles. The van der Waals surface area contributed by atoms with Crippen molar-refractivity contribution >= 4 is 5.97 Å². The summed E-state index contributed by atoms with van der Waals surface area (Å²) in [6.07, 6.45) is 5.40. The maximum atomic E-state index is 11.0. The van der Waals surface area contributed by atoms with Crippen LogP contribution >= 0.6 is 0 Å². The average molecular weight is 223 g/mol. The molecule has 16 heavy (non-hydrogen) atoms. The van der Waals surface area contributed by atoms with Gasteiger partial charge in [-0.25, -0.2) is 9.48 Å². The van der Waals surface area contributed by atoms with Gasteiger partial charge in [-0.15, -0.1) is 5.10 Å². The normalized spacial score (nSPS) is 16.1. The molecular formula is C11H17N3O2. The summed E-state index contributed by atoms with van der Waals surface area (Å²) in [4.78, 5) is 11.0. The number of rotatable bonds is 5. The molecule has 1 fully saturated rings. The smallest absolute Gasteiger partial charge is 0.358 e. The molecule has 0 bridgehead atoms. The third-order valence-electron chi connectivity index (χ3n) is 3.18. The van der Waals surface area contributed by atoms with E-state index < -0.39 is 5.97 Å². The van der Waals surface area contributed by atoms with E-state index in [9.17, 15) is 4.79 Å². The first-order valence-electron chi connectivity index (χ1n) is 5.88. The summed E-state index contributed by atoms with van der Waals surface area (Å²) in [5.74, 6) is -0.303. The van der Waals surface area contributed by atoms with Gasteiger partial charge in [-0.05, 0) is 25.2 Å². The van der Waals surface area contributed by atoms with Gasteiger partial charge in [0, 0.05) is 6.54 Å². The minimum Gasteiger partial charge on any atom is -0.476 e. The van der Waals surface area contributed by atoms with E-state index in [1.807, 2.05) is 6.92 Å². The Kier molecular flexibility index (Phi) is 3.22. The molecule has 0 atom stereocenters. The fourth-order valence-electron chi connectivity index (χ4n) is 2.05. The van der Waals surface area contributed by atoms with Crippen LogP contribution in [0, 0.1) is 5.92 Å². The molecule has 1 aliphatic carbocycles. The first-order chi connectivity index (χ1) is 7.72. The molecule has 1 aliphatic rings. The predicted octanol–water partition coefficient (Wildman–Crippen LogP) is 1.73. The van der Waals surface area contributed by atoms with Crippen LogP contribution in [0.2, 0.25) is 0 Å². The third-order valence-corrected chi connectivity index (χ3v) is 3.18. The van der Waals surface area contributed by atoms with Crippen molar-refractivity contribution in [2.45, 2.75) is 45.6 Å². The zero-order valence-corrected chi connectivity index (χ0v) is 9.52. The summed E-state index contributed by atoms with van der Waals surface area (Å²) in [6, 6.07) is 0. The number of hydrogen-bond acceptors (Lipinski definition) is 3. The Balaban J connectivity index is 2.18. The van der Waals surface area contributed by atoms with Crippen LogP contribution in [-0.4, -0.2) is 26.1 Å². The molecule has 0 spiro atoms. The maximum Gasteiger partial charge on any atom is 0.358 e. The summed E-state index contributed by atoms with van der Waals surface area (Å²) in [6.45, 7) is 2.86. The zero-order chi connectivity index (χ0) is 11.5. The van der Waals surface area contributed by atoms with Crippen molar-refractivity contribution in [3.63, 3.8) is 0 Å². The Morgan fingerprint density at radius 3 is 2.81 bits per heavy atom. The lowest BCUT2D eigenvalue weighted by Gasteiger charge is -2.25. The minimum absolute atomic E-state index is 0.126. The Morgan fingerprint density at radius 2 is 2.31 bits per heavy atom. The van der Waals surface area contributed by atoms with Gasteiger partial charge in [0.05, 0.1) is 5.69 Å². The van der Waals surface area contributed by atoms with Crippen LogP contribution in [0.3, 0.4) is 0 Å². The van der Waals surface area contributed by atoms with E-state index in [0.29, 0.717) is 5.92 Å². The zero-order valence-electron chi connectivity index (χ0n) is 9.52. The van der Waals surface area contributed by atoms with Crippen molar-refractivity contribution in [1.29, 1.82) is 0 Å². The lowest BCUT2D eigenvalue weighted by Crippen LogP contribution is -2.20. The standard InChI is InChI=1S/C11H17N3O2/c1-2-4-9-10(11(15)16)12-13-14(9)7-8-5-3-6-8/h8H,2-7H2,1H3,(H,15,16). The van der Waals surface area contributed by atoms with Gasteiger partial charge in [0.15, 0.2) is 5.69 Å². The van der Waals surface area contributed by atoms with Gasteiger partial charge in [-0.2, -0.15) is 0 Å². The summed E-state index contributed by atoms with van der Waals surface area (Å²) < 4.78 is 1.79. The molecule has 2 rings (SSSR count). The highest BCUT2D eigenvalue weighted by Crippen LogP contribution is 2.28. The van der Waals surface area contributed by atoms with Crippen molar-refractivity contribution in [3.8, 4) is 0 Å². The van der Waals surface area contributed by atoms with Gasteiger partial charge in [-0.1, -0.05) is 25.0 Å². The molecule has 1 aromatic rings. The first kappa shape index (κ1) is 11.1. The van der Waals surface area contributed by atoms with Crippen LogP contribution < -0.4 is 0 Å². The van der Waals surface area contributed by atoms with Crippen molar-refractivity contribution in [1.82, 2.24) is 15.0 Å². The van der Waals surface area contributed by atoms with E-state index in [-0.39, 0.29) is 5.69 Å². The molecule has 0 aromatic carbocycles. The molecule has 0 aliphatic heterocycles. The van der Waals surface area contributed by atoms with E-state index in [1.165, 1.54) is 19.3 Å². The van der Waals surface area contributed by atoms with Crippen LogP contribution in [0.4, 0.5) is 0 Å². The third kappa shape index (κ3) is 2.08. The summed E-state index contributed by atoms with van der Waals surface area (Å²) in [7, 11) is 0. The maximum absolute atomic E-state index is 11.0. The van der Waals surface area contributed by atoms with E-state index >= 15 is 0 Å². The predicted molar refractivity (Wildman–Crippen MR) is 58.3 cm³/mol. The number of nitrogens with zero attached hydrogens (tertiary/aromatic N) is 3. The molecule has 0 amide bonds. The molecular weight excluding hydrogens is 206 g/mol. The second kappa shape index (κ2) is 4.63. The van der Waals surface area contributed by atoms with E-state index in [1.54, 1.807) is 4.68 Å². The molecule has 0 saturated heterocycles. The fourth-order valence-corrected chi connectivity index (χ4v) is 2.05. The van der Waals surface area contributed by atoms with Crippen molar-refractivity contribution < 1.29 is 9.90 Å². The monoisotopic (exact) mass is 223 g/mol. The quantitative estimate of drug-likeness (QED) is 0.825. The molecule has 1 heterocycles. The minimum atomic E-state index is -0.969. The van der Waals surface area contributed by atoms with Crippen molar-refractivity contribution in [3.05, 3.63) is 11.4 Å². The molecule has 88 valence electrons. The van der Waals surface area contributed by atoms with Crippen molar-refractivity contribution in [2.24, 2.45) is 5.92 Å². The van der Waals surface area contributed by atoms with Crippen LogP contribution in [0.25, 0.3) is 0 Å². The Bertz CT molecular complexity index is 383. The van der Waals surface area contributed by atoms with Crippen LogP contribution in [0.15, 0.2) is 0 Å². The fraction of sp³-hybridized carbons (Fsp3) is 0.727. The van der Waals surface area contributed by atoms with Crippen LogP contribution in [-0.2, 0) is 13.0 Å². The lowest BCUT2D eigenvalue weighted by atomic mass is 9.85. The van der Waals surface area contributed by atoms with Crippen LogP contribution in [0.1, 0.15) is 48.8 Å². The molecule has 0 unspecified atom stereocenters. The number of carboxylic acids is 1. The first-order valence-corrected chi connectivity index (χ1v) is 5.88. The summed E-state index contributed by atoms with van der Waals surface area (Å²) >= 11 is 0. The van der Waals surface area contributed by atoms with Gasteiger partial charge in [0.25, 0.3) is 0 Å². The molecule has 1 aromatic heterocycles. The van der Waals surface area contributed by atoms with Crippen LogP contribution in [0.5, 0.6) is 0 Å². The Hall–Kier alpha value is -1.39. The molecule has 0 radical (unpaired) electrons. The number of hydrogen-bond donors (Lipinski definition) is 1. The molecule has 1 N–H and O–H groups in total. The topological polar surface area (TPSA) is 68.0 Å². The van der Waals surface area contributed by atoms with E-state index in [0.717, 1.165) is 25.1 Å². The molecule has 5 heteroatoms. The SMILES string of the molecule is CCCc1c(C(=O)O)nnn1CC1CCC1. The Labute approximate surface area is 94.5 Å². The van der Waals surface area contributed by atoms with Gasteiger partial charge >= 0.3 is 5.97 Å². The highest BCUT2D eigenvalue weighted by molar-refractivity contribution is 5.86.